The van der Waals surface area contributed by atoms with E-state index in [1.54, 1.807) is 6.92 Å². The van der Waals surface area contributed by atoms with Gasteiger partial charge in [0, 0.05) is 0 Å². The van der Waals surface area contributed by atoms with E-state index in [1.807, 2.05) is 0 Å². The molecule has 7 heavy (non-hydrogen) atoms. The SMILES string of the molecule is CC(N)CB(O)O. The molecule has 4 heteroatoms. The Labute approximate surface area is 43.3 Å². The molecule has 0 aliphatic heterocycles. The van der Waals surface area contributed by atoms with Crippen molar-refractivity contribution >= 4 is 7.12 Å². The normalized spacial score (nSPS) is 13.7. The minimum Gasteiger partial charge on any atom is -0.427 e. The highest BCUT2D eigenvalue weighted by Gasteiger charge is 2.07. The van der Waals surface area contributed by atoms with Gasteiger partial charge in [-0.05, 0) is 12.4 Å². The van der Waals surface area contributed by atoms with E-state index in [9.17, 15) is 0 Å². The van der Waals surface area contributed by atoms with Crippen LogP contribution in [0.5, 0.6) is 0 Å². The third-order valence-electron chi connectivity index (χ3n) is 0.583. The van der Waals surface area contributed by atoms with E-state index < -0.39 is 7.12 Å². The molecule has 0 aromatic rings. The van der Waals surface area contributed by atoms with Crippen molar-refractivity contribution in [2.24, 2.45) is 5.73 Å². The molecule has 0 bridgehead atoms. The summed E-state index contributed by atoms with van der Waals surface area (Å²) in [6, 6.07) is -0.125. The smallest absolute Gasteiger partial charge is 0.427 e. The molecule has 1 atom stereocenters. The molecule has 3 nitrogen and oxygen atoms in total. The quantitative estimate of drug-likeness (QED) is 0.385. The minimum absolute atomic E-state index is 0.125. The van der Waals surface area contributed by atoms with Crippen LogP contribution in [0.25, 0.3) is 0 Å². The van der Waals surface area contributed by atoms with Gasteiger partial charge in [0.05, 0.1) is 0 Å². The Morgan fingerprint density at radius 2 is 2.14 bits per heavy atom. The van der Waals surface area contributed by atoms with Crippen molar-refractivity contribution in [1.82, 2.24) is 0 Å². The van der Waals surface area contributed by atoms with Crippen molar-refractivity contribution in [1.29, 1.82) is 0 Å². The summed E-state index contributed by atoms with van der Waals surface area (Å²) >= 11 is 0. The summed E-state index contributed by atoms with van der Waals surface area (Å²) in [6.45, 7) is 1.72. The van der Waals surface area contributed by atoms with Gasteiger partial charge in [-0.2, -0.15) is 0 Å². The lowest BCUT2D eigenvalue weighted by atomic mass is 9.83. The van der Waals surface area contributed by atoms with Gasteiger partial charge in [-0.3, -0.25) is 0 Å². The second kappa shape index (κ2) is 3.01. The third kappa shape index (κ3) is 5.94. The molecule has 1 unspecified atom stereocenters. The molecule has 0 fully saturated rings. The molecule has 0 saturated heterocycles. The van der Waals surface area contributed by atoms with Gasteiger partial charge >= 0.3 is 7.12 Å². The highest BCUT2D eigenvalue weighted by molar-refractivity contribution is 6.41. The minimum atomic E-state index is -1.25. The van der Waals surface area contributed by atoms with Gasteiger partial charge in [-0.1, -0.05) is 6.92 Å². The van der Waals surface area contributed by atoms with Crippen molar-refractivity contribution in [3.05, 3.63) is 0 Å². The van der Waals surface area contributed by atoms with Gasteiger partial charge in [0.1, 0.15) is 0 Å². The number of hydrogen-bond acceptors (Lipinski definition) is 3. The Morgan fingerprint density at radius 1 is 1.71 bits per heavy atom. The maximum atomic E-state index is 8.20. The van der Waals surface area contributed by atoms with E-state index >= 15 is 0 Å². The van der Waals surface area contributed by atoms with Crippen LogP contribution in [0.3, 0.4) is 0 Å². The summed E-state index contributed by atoms with van der Waals surface area (Å²) in [5.74, 6) is 0. The van der Waals surface area contributed by atoms with Crippen molar-refractivity contribution in [3.8, 4) is 0 Å². The fourth-order valence-corrected chi connectivity index (χ4v) is 0.333. The number of rotatable bonds is 2. The van der Waals surface area contributed by atoms with E-state index in [4.69, 9.17) is 15.8 Å². The Kier molecular flexibility index (Phi) is 2.99. The molecular formula is C3H10BNO2. The maximum absolute atomic E-state index is 8.20. The highest BCUT2D eigenvalue weighted by Crippen LogP contribution is 1.86. The highest BCUT2D eigenvalue weighted by atomic mass is 16.4. The van der Waals surface area contributed by atoms with E-state index in [2.05, 4.69) is 0 Å². The van der Waals surface area contributed by atoms with Crippen LogP contribution in [-0.2, 0) is 0 Å². The van der Waals surface area contributed by atoms with Crippen molar-refractivity contribution < 1.29 is 10.0 Å². The maximum Gasteiger partial charge on any atom is 0.452 e. The summed E-state index contributed by atoms with van der Waals surface area (Å²) in [6.07, 6.45) is 0.250. The van der Waals surface area contributed by atoms with Gasteiger partial charge in [0.2, 0.25) is 0 Å². The molecule has 0 amide bonds. The molecule has 0 rings (SSSR count). The first-order valence-corrected chi connectivity index (χ1v) is 2.24. The fourth-order valence-electron chi connectivity index (χ4n) is 0.333. The van der Waals surface area contributed by atoms with Crippen molar-refractivity contribution in [2.75, 3.05) is 0 Å². The van der Waals surface area contributed by atoms with E-state index in [0.29, 0.717) is 0 Å². The van der Waals surface area contributed by atoms with Gasteiger partial charge in [-0.25, -0.2) is 0 Å². The average molecular weight is 103 g/mol. The van der Waals surface area contributed by atoms with Crippen LogP contribution in [0.1, 0.15) is 6.92 Å². The molecule has 0 aliphatic rings. The Balaban J connectivity index is 2.95. The number of nitrogens with two attached hydrogens (primary N) is 1. The van der Waals surface area contributed by atoms with Crippen molar-refractivity contribution in [2.45, 2.75) is 19.3 Å². The molecule has 0 aromatic heterocycles. The lowest BCUT2D eigenvalue weighted by molar-refractivity contribution is 0.400. The van der Waals surface area contributed by atoms with E-state index in [1.165, 1.54) is 0 Å². The first kappa shape index (κ1) is 6.94. The first-order valence-electron chi connectivity index (χ1n) is 2.24. The van der Waals surface area contributed by atoms with Crippen LogP contribution in [0.2, 0.25) is 6.32 Å². The topological polar surface area (TPSA) is 66.5 Å². The van der Waals surface area contributed by atoms with Crippen LogP contribution >= 0.6 is 0 Å². The molecule has 42 valence electrons. The zero-order valence-corrected chi connectivity index (χ0v) is 4.33. The number of hydrogen-bond donors (Lipinski definition) is 3. The summed E-state index contributed by atoms with van der Waals surface area (Å²) < 4.78 is 0. The molecule has 0 aromatic carbocycles. The predicted molar refractivity (Wildman–Crippen MR) is 28.6 cm³/mol. The molecule has 0 aliphatic carbocycles. The summed E-state index contributed by atoms with van der Waals surface area (Å²) in [4.78, 5) is 0. The van der Waals surface area contributed by atoms with Gasteiger partial charge in [0.15, 0.2) is 0 Å². The standard InChI is InChI=1S/C3H10BNO2/c1-3(5)2-4(6)7/h3,6-7H,2,5H2,1H3. The second-order valence-electron chi connectivity index (χ2n) is 1.69. The van der Waals surface area contributed by atoms with Gasteiger partial charge < -0.3 is 15.8 Å². The van der Waals surface area contributed by atoms with Gasteiger partial charge in [-0.15, -0.1) is 0 Å². The van der Waals surface area contributed by atoms with E-state index in [0.717, 1.165) is 0 Å². The lowest BCUT2D eigenvalue weighted by Crippen LogP contribution is -2.24. The molecule has 0 spiro atoms. The Bertz CT molecular complexity index is 42.2. The zero-order chi connectivity index (χ0) is 5.86. The summed E-state index contributed by atoms with van der Waals surface area (Å²) in [5, 5.41) is 16.4. The molecule has 0 radical (unpaired) electrons. The zero-order valence-electron chi connectivity index (χ0n) is 4.33. The average Bonchev–Trinajstić information content (AvgIpc) is 1.27. The Hall–Kier alpha value is -0.0551. The molecule has 4 N–H and O–H groups in total. The van der Waals surface area contributed by atoms with Crippen LogP contribution in [0.4, 0.5) is 0 Å². The predicted octanol–water partition coefficient (Wildman–Crippen LogP) is -1.19. The molecular weight excluding hydrogens is 92.8 g/mol. The molecule has 0 heterocycles. The lowest BCUT2D eigenvalue weighted by Gasteiger charge is -1.99. The van der Waals surface area contributed by atoms with Gasteiger partial charge in [0.25, 0.3) is 0 Å². The first-order chi connectivity index (χ1) is 3.13. The van der Waals surface area contributed by atoms with Crippen LogP contribution in [0, 0.1) is 0 Å². The summed E-state index contributed by atoms with van der Waals surface area (Å²) in [5.41, 5.74) is 5.17. The second-order valence-corrected chi connectivity index (χ2v) is 1.69. The van der Waals surface area contributed by atoms with Crippen LogP contribution < -0.4 is 5.73 Å². The summed E-state index contributed by atoms with van der Waals surface area (Å²) in [7, 11) is -1.25. The Morgan fingerprint density at radius 3 is 2.14 bits per heavy atom. The largest absolute Gasteiger partial charge is 0.452 e. The molecule has 0 saturated carbocycles. The fraction of sp³-hybridized carbons (Fsp3) is 1.00. The van der Waals surface area contributed by atoms with Crippen LogP contribution in [-0.4, -0.2) is 23.2 Å². The monoisotopic (exact) mass is 103 g/mol. The van der Waals surface area contributed by atoms with E-state index in [-0.39, 0.29) is 12.4 Å². The van der Waals surface area contributed by atoms with Crippen molar-refractivity contribution in [3.63, 3.8) is 0 Å². The van der Waals surface area contributed by atoms with Crippen LogP contribution in [0.15, 0.2) is 0 Å². The third-order valence-corrected chi connectivity index (χ3v) is 0.583.